The van der Waals surface area contributed by atoms with Gasteiger partial charge in [-0.15, -0.1) is 0 Å². The molecule has 0 aromatic heterocycles. The zero-order valence-electron chi connectivity index (χ0n) is 30.5. The van der Waals surface area contributed by atoms with Crippen molar-refractivity contribution < 1.29 is 14.3 Å². The van der Waals surface area contributed by atoms with Gasteiger partial charge in [0.15, 0.2) is 0 Å². The first-order chi connectivity index (χ1) is 20.4. The molecule has 0 amide bonds. The third-order valence-corrected chi connectivity index (χ3v) is 8.08. The summed E-state index contributed by atoms with van der Waals surface area (Å²) in [6.45, 7) is 28.5. The number of benzene rings is 2. The molecule has 2 atom stereocenters. The number of unbranched alkanes of at least 4 members (excludes halogenated alkanes) is 1. The molecule has 4 heteroatoms. The SMILES string of the molecule is CC.CC.CCCCN=Cc1ccc(OCc2ccc(C(CCC)C(C)CC)cc2)cc1.COC(=O)C(C)(C)C(C)(C)C. The van der Waals surface area contributed by atoms with E-state index < -0.39 is 5.41 Å². The van der Waals surface area contributed by atoms with Gasteiger partial charge in [-0.3, -0.25) is 9.79 Å². The van der Waals surface area contributed by atoms with Gasteiger partial charge in [0, 0.05) is 12.8 Å². The van der Waals surface area contributed by atoms with E-state index in [0.717, 1.165) is 30.2 Å². The predicted octanol–water partition coefficient (Wildman–Crippen LogP) is 11.7. The van der Waals surface area contributed by atoms with E-state index >= 15 is 0 Å². The zero-order valence-corrected chi connectivity index (χ0v) is 30.5. The van der Waals surface area contributed by atoms with Crippen LogP contribution in [0, 0.1) is 16.7 Å². The molecule has 2 aromatic carbocycles. The zero-order chi connectivity index (χ0) is 33.5. The van der Waals surface area contributed by atoms with Gasteiger partial charge in [-0.05, 0) is 84.9 Å². The number of carbonyl (C=O) groups is 1. The number of rotatable bonds is 13. The highest BCUT2D eigenvalue weighted by Crippen LogP contribution is 2.38. The lowest BCUT2D eigenvalue weighted by molar-refractivity contribution is -0.156. The topological polar surface area (TPSA) is 47.9 Å². The largest absolute Gasteiger partial charge is 0.489 e. The van der Waals surface area contributed by atoms with Crippen molar-refractivity contribution in [3.05, 3.63) is 65.2 Å². The molecule has 0 spiro atoms. The highest BCUT2D eigenvalue weighted by atomic mass is 16.5. The Morgan fingerprint density at radius 1 is 0.860 bits per heavy atom. The Labute approximate surface area is 267 Å². The van der Waals surface area contributed by atoms with E-state index in [1.54, 1.807) is 0 Å². The second-order valence-corrected chi connectivity index (χ2v) is 12.1. The molecule has 0 aliphatic carbocycles. The lowest BCUT2D eigenvalue weighted by atomic mass is 9.69. The second-order valence-electron chi connectivity index (χ2n) is 12.1. The van der Waals surface area contributed by atoms with Crippen molar-refractivity contribution in [2.45, 2.75) is 135 Å². The Hall–Kier alpha value is -2.62. The molecule has 0 radical (unpaired) electrons. The van der Waals surface area contributed by atoms with Crippen LogP contribution >= 0.6 is 0 Å². The molecule has 4 nitrogen and oxygen atoms in total. The molecule has 0 aliphatic rings. The van der Waals surface area contributed by atoms with E-state index in [-0.39, 0.29) is 11.4 Å². The van der Waals surface area contributed by atoms with Crippen molar-refractivity contribution in [3.63, 3.8) is 0 Å². The van der Waals surface area contributed by atoms with Crippen LogP contribution in [0.2, 0.25) is 0 Å². The molecule has 2 rings (SSSR count). The Kier molecular flexibility index (Phi) is 23.5. The van der Waals surface area contributed by atoms with Crippen LogP contribution in [0.4, 0.5) is 0 Å². The second kappa shape index (κ2) is 23.8. The summed E-state index contributed by atoms with van der Waals surface area (Å²) >= 11 is 0. The van der Waals surface area contributed by atoms with Crippen LogP contribution in [0.25, 0.3) is 0 Å². The van der Waals surface area contributed by atoms with E-state index in [1.807, 2.05) is 80.7 Å². The number of esters is 1. The third kappa shape index (κ3) is 16.1. The number of methoxy groups -OCH3 is 1. The first-order valence-corrected chi connectivity index (χ1v) is 16.8. The molecule has 0 saturated carbocycles. The fourth-order valence-electron chi connectivity index (χ4n) is 4.03. The minimum atomic E-state index is -0.415. The number of ether oxygens (including phenoxy) is 2. The van der Waals surface area contributed by atoms with E-state index in [1.165, 1.54) is 43.9 Å². The minimum Gasteiger partial charge on any atom is -0.489 e. The maximum atomic E-state index is 11.3. The van der Waals surface area contributed by atoms with E-state index in [4.69, 9.17) is 9.47 Å². The van der Waals surface area contributed by atoms with Crippen LogP contribution in [0.5, 0.6) is 5.75 Å². The summed E-state index contributed by atoms with van der Waals surface area (Å²) in [6.07, 6.45) is 8.00. The average Bonchev–Trinajstić information content (AvgIpc) is 3.02. The number of hydrogen-bond acceptors (Lipinski definition) is 4. The van der Waals surface area contributed by atoms with E-state index in [2.05, 4.69) is 69.1 Å². The van der Waals surface area contributed by atoms with Crippen molar-refractivity contribution in [2.75, 3.05) is 13.7 Å². The van der Waals surface area contributed by atoms with Crippen LogP contribution in [-0.4, -0.2) is 25.8 Å². The Morgan fingerprint density at radius 3 is 1.84 bits per heavy atom. The lowest BCUT2D eigenvalue weighted by Crippen LogP contribution is -2.38. The third-order valence-electron chi connectivity index (χ3n) is 8.08. The molecule has 246 valence electrons. The Morgan fingerprint density at radius 2 is 1.42 bits per heavy atom. The molecule has 0 N–H and O–H groups in total. The summed E-state index contributed by atoms with van der Waals surface area (Å²) in [6, 6.07) is 17.2. The quantitative estimate of drug-likeness (QED) is 0.131. The molecule has 43 heavy (non-hydrogen) atoms. The highest BCUT2D eigenvalue weighted by Gasteiger charge is 2.40. The maximum absolute atomic E-state index is 11.3. The van der Waals surface area contributed by atoms with Crippen LogP contribution in [0.3, 0.4) is 0 Å². The van der Waals surface area contributed by atoms with Crippen molar-refractivity contribution in [2.24, 2.45) is 21.7 Å². The van der Waals surface area contributed by atoms with Gasteiger partial charge in [-0.25, -0.2) is 0 Å². The lowest BCUT2D eigenvalue weighted by Gasteiger charge is -2.35. The number of hydrogen-bond donors (Lipinski definition) is 0. The fourth-order valence-corrected chi connectivity index (χ4v) is 4.03. The molecule has 2 unspecified atom stereocenters. The summed E-state index contributed by atoms with van der Waals surface area (Å²) in [4.78, 5) is 15.7. The van der Waals surface area contributed by atoms with Crippen molar-refractivity contribution >= 4 is 12.2 Å². The van der Waals surface area contributed by atoms with Gasteiger partial charge in [0.25, 0.3) is 0 Å². The van der Waals surface area contributed by atoms with Gasteiger partial charge in [-0.2, -0.15) is 0 Å². The highest BCUT2D eigenvalue weighted by molar-refractivity contribution is 5.79. The average molecular weight is 598 g/mol. The van der Waals surface area contributed by atoms with Crippen LogP contribution in [-0.2, 0) is 16.1 Å². The number of aliphatic imine (C=N–C) groups is 1. The van der Waals surface area contributed by atoms with Crippen molar-refractivity contribution in [3.8, 4) is 5.75 Å². The Bertz CT molecular complexity index is 969. The normalized spacial score (nSPS) is 12.4. The van der Waals surface area contributed by atoms with Gasteiger partial charge < -0.3 is 9.47 Å². The molecule has 0 saturated heterocycles. The predicted molar refractivity (Wildman–Crippen MR) is 190 cm³/mol. The van der Waals surface area contributed by atoms with E-state index in [0.29, 0.717) is 12.5 Å². The standard InChI is InChI=1S/C26H37NO.C9H18O2.2C2H6/c1-5-8-18-27-19-22-12-16-25(17-13-22)28-20-23-10-14-24(15-11-23)26(9-6-2)21(4)7-3;1-8(2,3)9(4,5)7(10)11-6;2*1-2/h10-17,19,21,26H,5-9,18,20H2,1-4H3;1-6H3;2*1-2H3. The van der Waals surface area contributed by atoms with Gasteiger partial charge >= 0.3 is 5.97 Å². The van der Waals surface area contributed by atoms with Gasteiger partial charge in [0.2, 0.25) is 0 Å². The summed E-state index contributed by atoms with van der Waals surface area (Å²) in [5.74, 6) is 2.14. The smallest absolute Gasteiger partial charge is 0.311 e. The minimum absolute atomic E-state index is 0.0555. The van der Waals surface area contributed by atoms with Crippen LogP contribution < -0.4 is 4.74 Å². The fraction of sp³-hybridized carbons (Fsp3) is 0.641. The summed E-state index contributed by atoms with van der Waals surface area (Å²) in [5.41, 5.74) is 3.34. The van der Waals surface area contributed by atoms with Gasteiger partial charge in [0.1, 0.15) is 12.4 Å². The van der Waals surface area contributed by atoms with Gasteiger partial charge in [-0.1, -0.05) is 120 Å². The van der Waals surface area contributed by atoms with Gasteiger partial charge in [0.05, 0.1) is 12.5 Å². The van der Waals surface area contributed by atoms with Crippen molar-refractivity contribution in [1.29, 1.82) is 0 Å². The molecule has 0 aliphatic heterocycles. The first-order valence-electron chi connectivity index (χ1n) is 16.8. The number of carbonyl (C=O) groups excluding carboxylic acids is 1. The molecule has 0 heterocycles. The summed E-state index contributed by atoms with van der Waals surface area (Å²) in [7, 11) is 1.43. The molecular weight excluding hydrogens is 530 g/mol. The Balaban J connectivity index is 0. The van der Waals surface area contributed by atoms with E-state index in [9.17, 15) is 4.79 Å². The molecule has 2 aromatic rings. The molecule has 0 fully saturated rings. The summed E-state index contributed by atoms with van der Waals surface area (Å²) < 4.78 is 10.7. The summed E-state index contributed by atoms with van der Waals surface area (Å²) in [5, 5.41) is 0. The van der Waals surface area contributed by atoms with Crippen molar-refractivity contribution in [1.82, 2.24) is 0 Å². The molecule has 0 bridgehead atoms. The molecular formula is C39H67NO3. The maximum Gasteiger partial charge on any atom is 0.311 e. The monoisotopic (exact) mass is 598 g/mol. The number of nitrogens with zero attached hydrogens (tertiary/aromatic N) is 1. The van der Waals surface area contributed by atoms with Crippen LogP contribution in [0.1, 0.15) is 145 Å². The van der Waals surface area contributed by atoms with Crippen LogP contribution in [0.15, 0.2) is 53.5 Å². The first kappa shape index (κ1) is 42.5.